The highest BCUT2D eigenvalue weighted by Crippen LogP contribution is 2.14. The summed E-state index contributed by atoms with van der Waals surface area (Å²) >= 11 is 0. The van der Waals surface area contributed by atoms with Crippen molar-refractivity contribution in [1.82, 2.24) is 5.32 Å². The van der Waals surface area contributed by atoms with E-state index in [1.807, 2.05) is 27.7 Å². The van der Waals surface area contributed by atoms with Crippen LogP contribution in [0.25, 0.3) is 0 Å². The number of rotatable bonds is 10. The van der Waals surface area contributed by atoms with Gasteiger partial charge < -0.3 is 10.1 Å². The topological polar surface area (TPSA) is 81.7 Å². The Bertz CT molecular complexity index is 648. The summed E-state index contributed by atoms with van der Waals surface area (Å²) in [4.78, 5) is 11.6. The summed E-state index contributed by atoms with van der Waals surface area (Å²) < 4.78 is 34.2. The zero-order chi connectivity index (χ0) is 19.6. The molecule has 1 amide bonds. The average Bonchev–Trinajstić information content (AvgIpc) is 2.52. The number of carbonyl (C=O) groups excluding carboxylic acids is 1. The van der Waals surface area contributed by atoms with E-state index in [2.05, 4.69) is 5.32 Å². The molecule has 0 saturated heterocycles. The molecule has 148 valence electrons. The van der Waals surface area contributed by atoms with Gasteiger partial charge >= 0.3 is 6.09 Å². The first-order valence-electron chi connectivity index (χ1n) is 9.03. The average molecular weight is 386 g/mol. The van der Waals surface area contributed by atoms with Crippen LogP contribution in [0.5, 0.6) is 0 Å². The molecule has 0 aromatic heterocycles. The number of benzene rings is 1. The molecule has 1 aromatic rings. The largest absolute Gasteiger partial charge is 0.444 e. The smallest absolute Gasteiger partial charge is 0.407 e. The van der Waals surface area contributed by atoms with Gasteiger partial charge in [0, 0.05) is 6.54 Å². The third-order valence-corrected chi connectivity index (χ3v) is 4.86. The van der Waals surface area contributed by atoms with Crippen LogP contribution in [0.1, 0.15) is 58.4 Å². The molecule has 0 aliphatic rings. The number of nitrogens with one attached hydrogen (secondary N) is 1. The number of amides is 1. The lowest BCUT2D eigenvalue weighted by atomic mass is 10.1. The van der Waals surface area contributed by atoms with E-state index in [1.165, 1.54) is 0 Å². The van der Waals surface area contributed by atoms with E-state index in [0.29, 0.717) is 13.0 Å². The zero-order valence-corrected chi connectivity index (χ0v) is 17.0. The van der Waals surface area contributed by atoms with Crippen LogP contribution in [-0.2, 0) is 19.0 Å². The molecule has 0 unspecified atom stereocenters. The summed E-state index contributed by atoms with van der Waals surface area (Å²) in [6.07, 6.45) is 3.96. The molecule has 0 bridgehead atoms. The fraction of sp³-hybridized carbons (Fsp3) is 0.632. The molecule has 0 spiro atoms. The van der Waals surface area contributed by atoms with Crippen molar-refractivity contribution >= 4 is 16.2 Å². The van der Waals surface area contributed by atoms with Crippen LogP contribution in [0.2, 0.25) is 0 Å². The van der Waals surface area contributed by atoms with Gasteiger partial charge in [-0.2, -0.15) is 8.42 Å². The van der Waals surface area contributed by atoms with Crippen molar-refractivity contribution in [2.75, 3.05) is 13.2 Å². The molecule has 26 heavy (non-hydrogen) atoms. The Morgan fingerprint density at radius 2 is 1.58 bits per heavy atom. The van der Waals surface area contributed by atoms with Crippen LogP contribution in [0, 0.1) is 6.92 Å². The first-order valence-corrected chi connectivity index (χ1v) is 10.4. The molecular weight excluding hydrogens is 354 g/mol. The second-order valence-corrected chi connectivity index (χ2v) is 8.90. The van der Waals surface area contributed by atoms with E-state index in [9.17, 15) is 13.2 Å². The number of aryl methyl sites for hydroxylation is 1. The summed E-state index contributed by atoms with van der Waals surface area (Å²) in [5.41, 5.74) is 0.522. The molecule has 7 heteroatoms. The van der Waals surface area contributed by atoms with Crippen molar-refractivity contribution < 1.29 is 22.1 Å². The second kappa shape index (κ2) is 10.5. The first kappa shape index (κ1) is 22.4. The number of ether oxygens (including phenoxy) is 1. The second-order valence-electron chi connectivity index (χ2n) is 7.29. The van der Waals surface area contributed by atoms with Crippen molar-refractivity contribution in [1.29, 1.82) is 0 Å². The highest BCUT2D eigenvalue weighted by atomic mass is 32.2. The van der Waals surface area contributed by atoms with Crippen molar-refractivity contribution in [2.45, 2.75) is 70.3 Å². The number of hydrogen-bond acceptors (Lipinski definition) is 5. The highest BCUT2D eigenvalue weighted by molar-refractivity contribution is 7.86. The zero-order valence-electron chi connectivity index (χ0n) is 16.2. The Labute approximate surface area is 157 Å². The normalized spacial score (nSPS) is 12.0. The maximum absolute atomic E-state index is 12.0. The maximum atomic E-state index is 12.0. The molecule has 1 aromatic carbocycles. The molecule has 1 rings (SSSR count). The lowest BCUT2D eigenvalue weighted by Gasteiger charge is -2.19. The Balaban J connectivity index is 2.07. The Hall–Kier alpha value is -1.60. The molecule has 0 heterocycles. The van der Waals surface area contributed by atoms with Gasteiger partial charge in [-0.25, -0.2) is 4.79 Å². The summed E-state index contributed by atoms with van der Waals surface area (Å²) in [6, 6.07) is 6.62. The third-order valence-electron chi connectivity index (χ3n) is 3.54. The molecule has 0 atom stereocenters. The number of unbranched alkanes of at least 4 members (excludes halogenated alkanes) is 4. The number of carbonyl (C=O) groups is 1. The van der Waals surface area contributed by atoms with Gasteiger partial charge in [0.1, 0.15) is 5.60 Å². The fourth-order valence-corrected chi connectivity index (χ4v) is 3.15. The summed E-state index contributed by atoms with van der Waals surface area (Å²) in [6.45, 7) is 8.15. The van der Waals surface area contributed by atoms with Crippen LogP contribution < -0.4 is 5.32 Å². The predicted molar refractivity (Wildman–Crippen MR) is 102 cm³/mol. The van der Waals surface area contributed by atoms with Gasteiger partial charge in [-0.3, -0.25) is 4.18 Å². The van der Waals surface area contributed by atoms with Crippen LogP contribution in [0.3, 0.4) is 0 Å². The molecule has 0 fully saturated rings. The van der Waals surface area contributed by atoms with Gasteiger partial charge in [0.2, 0.25) is 0 Å². The molecule has 0 radical (unpaired) electrons. The van der Waals surface area contributed by atoms with Gasteiger partial charge in [0.15, 0.2) is 0 Å². The van der Waals surface area contributed by atoms with Crippen LogP contribution in [-0.4, -0.2) is 33.3 Å². The van der Waals surface area contributed by atoms with E-state index in [-0.39, 0.29) is 11.5 Å². The minimum absolute atomic E-state index is 0.187. The lowest BCUT2D eigenvalue weighted by molar-refractivity contribution is 0.0527. The van der Waals surface area contributed by atoms with Gasteiger partial charge in [-0.05, 0) is 52.7 Å². The van der Waals surface area contributed by atoms with E-state index in [4.69, 9.17) is 8.92 Å². The summed E-state index contributed by atoms with van der Waals surface area (Å²) in [5, 5.41) is 2.72. The third kappa shape index (κ3) is 9.77. The van der Waals surface area contributed by atoms with Gasteiger partial charge in [0.05, 0.1) is 11.5 Å². The number of alkyl carbamates (subject to hydrolysis) is 1. The summed E-state index contributed by atoms with van der Waals surface area (Å²) in [7, 11) is -3.66. The Morgan fingerprint density at radius 1 is 1.00 bits per heavy atom. The highest BCUT2D eigenvalue weighted by Gasteiger charge is 2.15. The molecule has 6 nitrogen and oxygen atoms in total. The van der Waals surface area contributed by atoms with Crippen LogP contribution >= 0.6 is 0 Å². The molecular formula is C19H31NO5S. The summed E-state index contributed by atoms with van der Waals surface area (Å²) in [5.74, 6) is 0. The van der Waals surface area contributed by atoms with E-state index >= 15 is 0 Å². The van der Waals surface area contributed by atoms with Gasteiger partial charge in [-0.1, -0.05) is 37.0 Å². The van der Waals surface area contributed by atoms with Crippen molar-refractivity contribution in [3.05, 3.63) is 29.8 Å². The molecule has 1 N–H and O–H groups in total. The van der Waals surface area contributed by atoms with E-state index in [1.54, 1.807) is 24.3 Å². The molecule has 0 aliphatic heterocycles. The first-order chi connectivity index (χ1) is 12.1. The quantitative estimate of drug-likeness (QED) is 0.483. The van der Waals surface area contributed by atoms with Crippen molar-refractivity contribution in [3.8, 4) is 0 Å². The fourth-order valence-electron chi connectivity index (χ4n) is 2.20. The molecule has 0 aliphatic carbocycles. The standard InChI is InChI=1S/C19H31NO5S/c1-16-10-12-17(13-11-16)26(22,23)24-15-9-7-5-6-8-14-20-18(21)25-19(2,3)4/h10-13H,5-9,14-15H2,1-4H3,(H,20,21). The van der Waals surface area contributed by atoms with Gasteiger partial charge in [0.25, 0.3) is 10.1 Å². The van der Waals surface area contributed by atoms with Crippen molar-refractivity contribution in [2.24, 2.45) is 0 Å². The van der Waals surface area contributed by atoms with E-state index < -0.39 is 21.8 Å². The Morgan fingerprint density at radius 3 is 2.19 bits per heavy atom. The minimum Gasteiger partial charge on any atom is -0.444 e. The van der Waals surface area contributed by atoms with Gasteiger partial charge in [-0.15, -0.1) is 0 Å². The van der Waals surface area contributed by atoms with Crippen LogP contribution in [0.4, 0.5) is 4.79 Å². The molecule has 0 saturated carbocycles. The Kier molecular flexibility index (Phi) is 9.08. The van der Waals surface area contributed by atoms with Crippen molar-refractivity contribution in [3.63, 3.8) is 0 Å². The maximum Gasteiger partial charge on any atom is 0.407 e. The lowest BCUT2D eigenvalue weighted by Crippen LogP contribution is -2.32. The predicted octanol–water partition coefficient (Wildman–Crippen LogP) is 4.18. The number of hydrogen-bond donors (Lipinski definition) is 1. The van der Waals surface area contributed by atoms with E-state index in [0.717, 1.165) is 31.2 Å². The van der Waals surface area contributed by atoms with Crippen LogP contribution in [0.15, 0.2) is 29.2 Å². The monoisotopic (exact) mass is 385 g/mol. The minimum atomic E-state index is -3.66. The SMILES string of the molecule is Cc1ccc(S(=O)(=O)OCCCCCCCNC(=O)OC(C)(C)C)cc1.